The highest BCUT2D eigenvalue weighted by molar-refractivity contribution is 5.52. The first-order valence-electron chi connectivity index (χ1n) is 4.02. The largest absolute Gasteiger partial charge is 0.261 e. The molecule has 2 rings (SSSR count). The van der Waals surface area contributed by atoms with Crippen molar-refractivity contribution in [2.75, 3.05) is 0 Å². The molecule has 0 radical (unpaired) electrons. The molecule has 0 spiro atoms. The molecule has 2 aromatic heterocycles. The normalized spacial score (nSPS) is 9.36. The molecule has 66 valence electrons. The van der Waals surface area contributed by atoms with Crippen LogP contribution in [-0.2, 0) is 0 Å². The molecule has 0 N–H and O–H groups in total. The number of nitriles is 1. The van der Waals surface area contributed by atoms with Crippen molar-refractivity contribution >= 4 is 0 Å². The van der Waals surface area contributed by atoms with E-state index in [2.05, 4.69) is 15.0 Å². The van der Waals surface area contributed by atoms with E-state index in [4.69, 9.17) is 5.26 Å². The van der Waals surface area contributed by atoms with Gasteiger partial charge in [-0.1, -0.05) is 0 Å². The molecule has 0 saturated carbocycles. The summed E-state index contributed by atoms with van der Waals surface area (Å²) in [6.45, 7) is 0. The van der Waals surface area contributed by atoms with Gasteiger partial charge in [0.2, 0.25) is 0 Å². The van der Waals surface area contributed by atoms with Crippen molar-refractivity contribution in [1.82, 2.24) is 15.0 Å². The molecule has 0 aliphatic carbocycles. The highest BCUT2D eigenvalue weighted by Crippen LogP contribution is 2.11. The average Bonchev–Trinajstić information content (AvgIpc) is 2.30. The van der Waals surface area contributed by atoms with Crippen molar-refractivity contribution < 1.29 is 0 Å². The lowest BCUT2D eigenvalue weighted by Gasteiger charge is -1.97. The molecule has 0 amide bonds. The van der Waals surface area contributed by atoms with Crippen molar-refractivity contribution in [1.29, 1.82) is 5.26 Å². The summed E-state index contributed by atoms with van der Waals surface area (Å²) in [6, 6.07) is 5.47. The van der Waals surface area contributed by atoms with Gasteiger partial charge in [-0.3, -0.25) is 15.0 Å². The fourth-order valence-corrected chi connectivity index (χ4v) is 1.04. The summed E-state index contributed by atoms with van der Waals surface area (Å²) in [5, 5.41) is 8.58. The van der Waals surface area contributed by atoms with E-state index in [9.17, 15) is 0 Å². The Kier molecular flexibility index (Phi) is 2.15. The van der Waals surface area contributed by atoms with Crippen LogP contribution in [0.2, 0.25) is 0 Å². The minimum atomic E-state index is 0.539. The third kappa shape index (κ3) is 1.57. The summed E-state index contributed by atoms with van der Waals surface area (Å²) < 4.78 is 0. The Morgan fingerprint density at radius 1 is 1.00 bits per heavy atom. The van der Waals surface area contributed by atoms with Gasteiger partial charge in [0.25, 0.3) is 0 Å². The van der Waals surface area contributed by atoms with E-state index in [0.717, 1.165) is 5.69 Å². The second-order valence-electron chi connectivity index (χ2n) is 2.63. The molecule has 4 nitrogen and oxygen atoms in total. The highest BCUT2D eigenvalue weighted by atomic mass is 14.8. The summed E-state index contributed by atoms with van der Waals surface area (Å²) in [5.41, 5.74) is 1.96. The van der Waals surface area contributed by atoms with Crippen molar-refractivity contribution in [3.8, 4) is 17.5 Å². The maximum Gasteiger partial charge on any atom is 0.107 e. The van der Waals surface area contributed by atoms with Crippen molar-refractivity contribution in [2.24, 2.45) is 0 Å². The first-order chi connectivity index (χ1) is 6.90. The molecule has 4 heteroatoms. The zero-order chi connectivity index (χ0) is 9.80. The monoisotopic (exact) mass is 182 g/mol. The van der Waals surface area contributed by atoms with Gasteiger partial charge in [0.15, 0.2) is 0 Å². The highest BCUT2D eigenvalue weighted by Gasteiger charge is 1.99. The van der Waals surface area contributed by atoms with Crippen LogP contribution in [0.1, 0.15) is 5.56 Å². The van der Waals surface area contributed by atoms with E-state index < -0.39 is 0 Å². The van der Waals surface area contributed by atoms with E-state index in [-0.39, 0.29) is 0 Å². The molecule has 0 unspecified atom stereocenters. The lowest BCUT2D eigenvalue weighted by atomic mass is 10.2. The topological polar surface area (TPSA) is 62.5 Å². The number of rotatable bonds is 1. The fourth-order valence-electron chi connectivity index (χ4n) is 1.04. The molecule has 2 heterocycles. The number of hydrogen-bond acceptors (Lipinski definition) is 4. The van der Waals surface area contributed by atoms with E-state index in [0.29, 0.717) is 11.3 Å². The fraction of sp³-hybridized carbons (Fsp3) is 0. The molecule has 0 bridgehead atoms. The van der Waals surface area contributed by atoms with Crippen LogP contribution in [0.25, 0.3) is 11.4 Å². The maximum absolute atomic E-state index is 8.58. The van der Waals surface area contributed by atoms with E-state index >= 15 is 0 Å². The Hall–Kier alpha value is -2.28. The van der Waals surface area contributed by atoms with Gasteiger partial charge in [-0.2, -0.15) is 5.26 Å². The molecule has 0 saturated heterocycles. The van der Waals surface area contributed by atoms with Crippen molar-refractivity contribution in [3.63, 3.8) is 0 Å². The number of aromatic nitrogens is 3. The minimum absolute atomic E-state index is 0.539. The zero-order valence-electron chi connectivity index (χ0n) is 7.25. The Balaban J connectivity index is 2.40. The lowest BCUT2D eigenvalue weighted by Crippen LogP contribution is -1.88. The van der Waals surface area contributed by atoms with Crippen LogP contribution >= 0.6 is 0 Å². The summed E-state index contributed by atoms with van der Waals surface area (Å²) in [4.78, 5) is 12.1. The molecular weight excluding hydrogens is 176 g/mol. The van der Waals surface area contributed by atoms with E-state index in [1.807, 2.05) is 6.07 Å². The van der Waals surface area contributed by atoms with Gasteiger partial charge >= 0.3 is 0 Å². The van der Waals surface area contributed by atoms with Crippen LogP contribution in [0.15, 0.2) is 36.9 Å². The summed E-state index contributed by atoms with van der Waals surface area (Å²) in [5.74, 6) is 0. The number of pyridine rings is 1. The molecule has 0 atom stereocenters. The van der Waals surface area contributed by atoms with E-state index in [1.54, 1.807) is 30.7 Å². The van der Waals surface area contributed by atoms with Crippen molar-refractivity contribution in [2.45, 2.75) is 0 Å². The lowest BCUT2D eigenvalue weighted by molar-refractivity contribution is 1.17. The Morgan fingerprint density at radius 2 is 1.93 bits per heavy atom. The molecule has 0 fully saturated rings. The predicted molar refractivity (Wildman–Crippen MR) is 50.0 cm³/mol. The molecular formula is C10H6N4. The van der Waals surface area contributed by atoms with Crippen LogP contribution in [-0.4, -0.2) is 15.0 Å². The summed E-state index contributed by atoms with van der Waals surface area (Å²) in [6.07, 6.45) is 6.36. The molecule has 0 aliphatic rings. The first kappa shape index (κ1) is 8.32. The van der Waals surface area contributed by atoms with Gasteiger partial charge in [0, 0.05) is 18.6 Å². The smallest absolute Gasteiger partial charge is 0.107 e. The summed E-state index contributed by atoms with van der Waals surface area (Å²) >= 11 is 0. The van der Waals surface area contributed by atoms with Crippen LogP contribution in [0, 0.1) is 11.3 Å². The quantitative estimate of drug-likeness (QED) is 0.668. The molecule has 0 aromatic carbocycles. The van der Waals surface area contributed by atoms with Crippen LogP contribution in [0.4, 0.5) is 0 Å². The predicted octanol–water partition coefficient (Wildman–Crippen LogP) is 1.41. The second kappa shape index (κ2) is 3.62. The van der Waals surface area contributed by atoms with Crippen LogP contribution in [0.5, 0.6) is 0 Å². The van der Waals surface area contributed by atoms with Gasteiger partial charge in [-0.25, -0.2) is 0 Å². The van der Waals surface area contributed by atoms with Gasteiger partial charge in [0.05, 0.1) is 17.5 Å². The maximum atomic E-state index is 8.58. The Labute approximate surface area is 80.9 Å². The molecule has 14 heavy (non-hydrogen) atoms. The minimum Gasteiger partial charge on any atom is -0.261 e. The van der Waals surface area contributed by atoms with Gasteiger partial charge in [-0.05, 0) is 12.1 Å². The number of nitrogens with zero attached hydrogens (tertiary/aromatic N) is 4. The molecule has 0 aliphatic heterocycles. The third-order valence-corrected chi connectivity index (χ3v) is 1.72. The third-order valence-electron chi connectivity index (χ3n) is 1.72. The van der Waals surface area contributed by atoms with E-state index in [1.165, 1.54) is 6.20 Å². The summed E-state index contributed by atoms with van der Waals surface area (Å²) in [7, 11) is 0. The van der Waals surface area contributed by atoms with Gasteiger partial charge in [-0.15, -0.1) is 0 Å². The number of hydrogen-bond donors (Lipinski definition) is 0. The SMILES string of the molecule is N#Cc1ccc(-c2cnccn2)nc1. The van der Waals surface area contributed by atoms with Gasteiger partial charge < -0.3 is 0 Å². The first-order valence-corrected chi connectivity index (χ1v) is 4.02. The van der Waals surface area contributed by atoms with Crippen molar-refractivity contribution in [3.05, 3.63) is 42.5 Å². The molecule has 2 aromatic rings. The Morgan fingerprint density at radius 3 is 2.50 bits per heavy atom. The second-order valence-corrected chi connectivity index (χ2v) is 2.63. The standard InChI is InChI=1S/C10H6N4/c11-5-8-1-2-9(14-6-8)10-7-12-3-4-13-10/h1-4,6-7H. The zero-order valence-corrected chi connectivity index (χ0v) is 7.25. The van der Waals surface area contributed by atoms with Crippen LogP contribution in [0.3, 0.4) is 0 Å². The van der Waals surface area contributed by atoms with Crippen LogP contribution < -0.4 is 0 Å². The van der Waals surface area contributed by atoms with Gasteiger partial charge in [0.1, 0.15) is 11.8 Å². The Bertz CT molecular complexity index is 456. The average molecular weight is 182 g/mol.